The average Bonchev–Trinajstić information content (AvgIpc) is 2.22. The standard InChI is InChI=1S/C14H23O4P/c1-10(15)17-11(8-9-12(16)18-19-7)14(5,6)13(2,3)4/h11,19H,1-7H3. The molecule has 0 aromatic rings. The molecule has 4 nitrogen and oxygen atoms in total. The van der Waals surface area contributed by atoms with Crippen LogP contribution in [0.15, 0.2) is 0 Å². The number of ether oxygens (including phenoxy) is 1. The van der Waals surface area contributed by atoms with E-state index in [2.05, 4.69) is 11.8 Å². The van der Waals surface area contributed by atoms with Gasteiger partial charge in [0.15, 0.2) is 6.10 Å². The van der Waals surface area contributed by atoms with E-state index in [0.717, 1.165) is 0 Å². The van der Waals surface area contributed by atoms with Crippen molar-refractivity contribution in [3.8, 4) is 11.8 Å². The van der Waals surface area contributed by atoms with Gasteiger partial charge in [-0.2, -0.15) is 0 Å². The first-order valence-electron chi connectivity index (χ1n) is 6.08. The van der Waals surface area contributed by atoms with Crippen molar-refractivity contribution in [3.05, 3.63) is 0 Å². The van der Waals surface area contributed by atoms with Crippen LogP contribution in [0.3, 0.4) is 0 Å². The SMILES string of the molecule is CPOC(=O)C#CC(OC(C)=O)C(C)(C)C(C)(C)C. The molecule has 0 aliphatic heterocycles. The first-order valence-corrected chi connectivity index (χ1v) is 7.49. The minimum absolute atomic E-state index is 0.0535. The first kappa shape index (κ1) is 17.9. The van der Waals surface area contributed by atoms with Crippen molar-refractivity contribution in [2.75, 3.05) is 6.66 Å². The van der Waals surface area contributed by atoms with Crippen molar-refractivity contribution >= 4 is 20.7 Å². The summed E-state index contributed by atoms with van der Waals surface area (Å²) in [6.45, 7) is 13.1. The molecule has 2 unspecified atom stereocenters. The molecule has 0 aromatic carbocycles. The highest BCUT2D eigenvalue weighted by molar-refractivity contribution is 7.31. The second kappa shape index (κ2) is 6.91. The molecule has 0 radical (unpaired) electrons. The Bertz CT molecular complexity index is 396. The van der Waals surface area contributed by atoms with Crippen molar-refractivity contribution in [1.29, 1.82) is 0 Å². The van der Waals surface area contributed by atoms with E-state index in [1.807, 2.05) is 34.6 Å². The number of carbonyl (C=O) groups is 2. The lowest BCUT2D eigenvalue weighted by molar-refractivity contribution is -0.152. The van der Waals surface area contributed by atoms with Crippen LogP contribution >= 0.6 is 8.81 Å². The van der Waals surface area contributed by atoms with Crippen LogP contribution in [0.4, 0.5) is 0 Å². The Hall–Kier alpha value is -1.07. The fourth-order valence-corrected chi connectivity index (χ4v) is 1.40. The van der Waals surface area contributed by atoms with Crippen molar-refractivity contribution in [1.82, 2.24) is 0 Å². The smallest absolute Gasteiger partial charge is 0.386 e. The number of hydrogen-bond acceptors (Lipinski definition) is 4. The first-order chi connectivity index (χ1) is 8.52. The van der Waals surface area contributed by atoms with E-state index in [1.54, 1.807) is 6.66 Å². The largest absolute Gasteiger partial charge is 0.449 e. The fourth-order valence-electron chi connectivity index (χ4n) is 1.16. The third-order valence-corrected chi connectivity index (χ3v) is 3.76. The minimum atomic E-state index is -0.655. The molecule has 0 spiro atoms. The Morgan fingerprint density at radius 2 is 1.68 bits per heavy atom. The molecule has 0 amide bonds. The molecule has 0 saturated heterocycles. The number of esters is 1. The molecule has 0 aliphatic rings. The molecule has 0 aromatic heterocycles. The molecule has 0 heterocycles. The van der Waals surface area contributed by atoms with Crippen LogP contribution < -0.4 is 0 Å². The van der Waals surface area contributed by atoms with Gasteiger partial charge in [-0.15, -0.1) is 0 Å². The summed E-state index contributed by atoms with van der Waals surface area (Å²) in [5, 5.41) is 0. The van der Waals surface area contributed by atoms with Gasteiger partial charge in [0.05, 0.1) is 8.81 Å². The summed E-state index contributed by atoms with van der Waals surface area (Å²) in [6.07, 6.45) is -0.655. The van der Waals surface area contributed by atoms with Crippen LogP contribution in [-0.2, 0) is 18.8 Å². The second-order valence-corrected chi connectivity index (χ2v) is 6.44. The quantitative estimate of drug-likeness (QED) is 0.455. The molecule has 0 rings (SSSR count). The van der Waals surface area contributed by atoms with Crippen molar-refractivity contribution < 1.29 is 18.8 Å². The van der Waals surface area contributed by atoms with E-state index in [0.29, 0.717) is 0 Å². The van der Waals surface area contributed by atoms with Crippen LogP contribution in [-0.4, -0.2) is 24.7 Å². The highest BCUT2D eigenvalue weighted by Gasteiger charge is 2.41. The highest BCUT2D eigenvalue weighted by atomic mass is 31.1. The third kappa shape index (κ3) is 5.61. The van der Waals surface area contributed by atoms with Gasteiger partial charge in [-0.25, -0.2) is 4.79 Å². The second-order valence-electron chi connectivity index (χ2n) is 5.82. The number of rotatable bonds is 3. The molecular formula is C14H23O4P. The monoisotopic (exact) mass is 286 g/mol. The number of hydrogen-bond donors (Lipinski definition) is 0. The summed E-state index contributed by atoms with van der Waals surface area (Å²) in [5.41, 5.74) is -0.543. The molecule has 5 heteroatoms. The molecule has 0 bridgehead atoms. The van der Waals surface area contributed by atoms with Crippen LogP contribution in [0.1, 0.15) is 41.5 Å². The van der Waals surface area contributed by atoms with Gasteiger partial charge in [0.25, 0.3) is 0 Å². The summed E-state index contributed by atoms with van der Waals surface area (Å²) in [4.78, 5) is 22.5. The van der Waals surface area contributed by atoms with Crippen LogP contribution in [0.5, 0.6) is 0 Å². The summed E-state index contributed by atoms with van der Waals surface area (Å²) in [5.74, 6) is 4.10. The van der Waals surface area contributed by atoms with Gasteiger partial charge in [0.2, 0.25) is 0 Å². The van der Waals surface area contributed by atoms with Gasteiger partial charge < -0.3 is 9.26 Å². The Morgan fingerprint density at radius 1 is 1.16 bits per heavy atom. The van der Waals surface area contributed by atoms with E-state index in [-0.39, 0.29) is 14.2 Å². The van der Waals surface area contributed by atoms with Crippen molar-refractivity contribution in [2.45, 2.75) is 47.6 Å². The third-order valence-electron chi connectivity index (χ3n) is 3.37. The van der Waals surface area contributed by atoms with Crippen molar-refractivity contribution in [3.63, 3.8) is 0 Å². The van der Waals surface area contributed by atoms with Gasteiger partial charge in [-0.3, -0.25) is 4.79 Å². The van der Waals surface area contributed by atoms with Crippen LogP contribution in [0.25, 0.3) is 0 Å². The lowest BCUT2D eigenvalue weighted by Crippen LogP contribution is -2.42. The van der Waals surface area contributed by atoms with Gasteiger partial charge >= 0.3 is 11.9 Å². The Morgan fingerprint density at radius 3 is 2.05 bits per heavy atom. The topological polar surface area (TPSA) is 52.6 Å². The molecule has 0 N–H and O–H groups in total. The molecule has 0 fully saturated rings. The lowest BCUT2D eigenvalue weighted by Gasteiger charge is -2.41. The summed E-state index contributed by atoms with van der Waals surface area (Å²) in [7, 11) is 0.0535. The Kier molecular flexibility index (Phi) is 6.52. The zero-order valence-electron chi connectivity index (χ0n) is 12.7. The summed E-state index contributed by atoms with van der Waals surface area (Å²) >= 11 is 0. The fraction of sp³-hybridized carbons (Fsp3) is 0.714. The maximum Gasteiger partial charge on any atom is 0.386 e. The van der Waals surface area contributed by atoms with E-state index < -0.39 is 23.5 Å². The normalized spacial score (nSPS) is 13.6. The number of carbonyl (C=O) groups excluding carboxylic acids is 2. The van der Waals surface area contributed by atoms with Gasteiger partial charge in [-0.05, 0) is 18.0 Å². The predicted octanol–water partition coefficient (Wildman–Crippen LogP) is 2.76. The maximum absolute atomic E-state index is 11.3. The predicted molar refractivity (Wildman–Crippen MR) is 76.9 cm³/mol. The minimum Gasteiger partial charge on any atom is -0.449 e. The molecule has 19 heavy (non-hydrogen) atoms. The summed E-state index contributed by atoms with van der Waals surface area (Å²) in [6, 6.07) is 0. The molecule has 2 atom stereocenters. The van der Waals surface area contributed by atoms with Crippen molar-refractivity contribution in [2.24, 2.45) is 10.8 Å². The van der Waals surface area contributed by atoms with Gasteiger partial charge in [0, 0.05) is 18.3 Å². The van der Waals surface area contributed by atoms with Crippen LogP contribution in [0, 0.1) is 22.7 Å². The zero-order valence-corrected chi connectivity index (χ0v) is 13.7. The zero-order chi connectivity index (χ0) is 15.3. The lowest BCUT2D eigenvalue weighted by atomic mass is 9.66. The van der Waals surface area contributed by atoms with Crippen LogP contribution in [0.2, 0.25) is 0 Å². The molecular weight excluding hydrogens is 263 g/mol. The maximum atomic E-state index is 11.3. The highest BCUT2D eigenvalue weighted by Crippen LogP contribution is 2.41. The van der Waals surface area contributed by atoms with E-state index in [9.17, 15) is 9.59 Å². The average molecular weight is 286 g/mol. The summed E-state index contributed by atoms with van der Waals surface area (Å²) < 4.78 is 10.0. The van der Waals surface area contributed by atoms with Gasteiger partial charge in [-0.1, -0.05) is 34.6 Å². The van der Waals surface area contributed by atoms with E-state index in [4.69, 9.17) is 9.26 Å². The van der Waals surface area contributed by atoms with Gasteiger partial charge in [0.1, 0.15) is 0 Å². The Labute approximate surface area is 117 Å². The molecule has 0 saturated carbocycles. The van der Waals surface area contributed by atoms with E-state index >= 15 is 0 Å². The Balaban J connectivity index is 5.23. The molecule has 108 valence electrons. The van der Waals surface area contributed by atoms with E-state index in [1.165, 1.54) is 6.92 Å². The molecule has 0 aliphatic carbocycles.